The molecular weight excluding hydrogens is 292 g/mol. The molecule has 0 saturated carbocycles. The molecule has 0 spiro atoms. The van der Waals surface area contributed by atoms with Gasteiger partial charge in [0.25, 0.3) is 5.69 Å². The number of hydrogen-bond acceptors (Lipinski definition) is 6. The second kappa shape index (κ2) is 7.51. The van der Waals surface area contributed by atoms with Gasteiger partial charge in [-0.1, -0.05) is 0 Å². The number of non-ortho nitro benzene ring substituents is 1. The Hall–Kier alpha value is -1.47. The molecule has 7 heteroatoms. The molecule has 21 heavy (non-hydrogen) atoms. The molecule has 6 nitrogen and oxygen atoms in total. The van der Waals surface area contributed by atoms with Crippen LogP contribution in [0.3, 0.4) is 0 Å². The molecule has 1 aromatic carbocycles. The van der Waals surface area contributed by atoms with Crippen LogP contribution in [0.2, 0.25) is 0 Å². The van der Waals surface area contributed by atoms with E-state index in [0.29, 0.717) is 23.7 Å². The molecule has 0 amide bonds. The summed E-state index contributed by atoms with van der Waals surface area (Å²) in [6.45, 7) is 5.74. The maximum atomic E-state index is 11.0. The fourth-order valence-electron chi connectivity index (χ4n) is 1.79. The van der Waals surface area contributed by atoms with Crippen molar-refractivity contribution in [3.63, 3.8) is 0 Å². The standard InChI is InChI=1S/C14H22N2O4S/c1-10(2)20-13-6-11(5-12(7-13)16(18)19)15-8-14(3,17)9-21-4/h5-7,10,15,17H,8-9H2,1-4H3. The molecule has 0 bridgehead atoms. The highest BCUT2D eigenvalue weighted by molar-refractivity contribution is 7.98. The van der Waals surface area contributed by atoms with Gasteiger partial charge in [-0.25, -0.2) is 0 Å². The average Bonchev–Trinajstić information content (AvgIpc) is 2.35. The topological polar surface area (TPSA) is 84.6 Å². The van der Waals surface area contributed by atoms with E-state index in [2.05, 4.69) is 5.32 Å². The third-order valence-electron chi connectivity index (χ3n) is 2.60. The predicted molar refractivity (Wildman–Crippen MR) is 86.4 cm³/mol. The van der Waals surface area contributed by atoms with Gasteiger partial charge in [0.05, 0.1) is 22.7 Å². The third-order valence-corrected chi connectivity index (χ3v) is 3.51. The Morgan fingerprint density at radius 3 is 2.67 bits per heavy atom. The Kier molecular flexibility index (Phi) is 6.29. The van der Waals surface area contributed by atoms with E-state index in [9.17, 15) is 15.2 Å². The molecule has 0 aromatic heterocycles. The van der Waals surface area contributed by atoms with Crippen molar-refractivity contribution >= 4 is 23.1 Å². The molecule has 118 valence electrons. The summed E-state index contributed by atoms with van der Waals surface area (Å²) < 4.78 is 5.51. The zero-order chi connectivity index (χ0) is 16.0. The minimum absolute atomic E-state index is 0.0415. The number of aliphatic hydroxyl groups is 1. The van der Waals surface area contributed by atoms with E-state index in [-0.39, 0.29) is 11.8 Å². The number of hydrogen-bond donors (Lipinski definition) is 2. The average molecular weight is 314 g/mol. The lowest BCUT2D eigenvalue weighted by Crippen LogP contribution is -2.36. The summed E-state index contributed by atoms with van der Waals surface area (Å²) in [6, 6.07) is 4.52. The molecular formula is C14H22N2O4S. The summed E-state index contributed by atoms with van der Waals surface area (Å²) in [6.07, 6.45) is 1.84. The number of benzene rings is 1. The molecule has 1 atom stereocenters. The van der Waals surface area contributed by atoms with Gasteiger partial charge in [0.2, 0.25) is 0 Å². The van der Waals surface area contributed by atoms with Gasteiger partial charge >= 0.3 is 0 Å². The molecule has 0 heterocycles. The van der Waals surface area contributed by atoms with Crippen molar-refractivity contribution in [3.05, 3.63) is 28.3 Å². The van der Waals surface area contributed by atoms with Gasteiger partial charge in [-0.2, -0.15) is 11.8 Å². The molecule has 1 rings (SSSR count). The Bertz CT molecular complexity index is 492. The monoisotopic (exact) mass is 314 g/mol. The maximum Gasteiger partial charge on any atom is 0.275 e. The van der Waals surface area contributed by atoms with Crippen LogP contribution in [0.1, 0.15) is 20.8 Å². The Morgan fingerprint density at radius 1 is 1.48 bits per heavy atom. The van der Waals surface area contributed by atoms with Crippen molar-refractivity contribution < 1.29 is 14.8 Å². The smallest absolute Gasteiger partial charge is 0.275 e. The summed E-state index contributed by atoms with van der Waals surface area (Å²) in [5.41, 5.74) is -0.371. The van der Waals surface area contributed by atoms with Crippen molar-refractivity contribution in [2.24, 2.45) is 0 Å². The van der Waals surface area contributed by atoms with Gasteiger partial charge in [0.15, 0.2) is 0 Å². The molecule has 2 N–H and O–H groups in total. The lowest BCUT2D eigenvalue weighted by molar-refractivity contribution is -0.384. The van der Waals surface area contributed by atoms with Crippen molar-refractivity contribution in [3.8, 4) is 5.75 Å². The van der Waals surface area contributed by atoms with Crippen LogP contribution in [0.5, 0.6) is 5.75 Å². The largest absolute Gasteiger partial charge is 0.491 e. The first-order valence-electron chi connectivity index (χ1n) is 6.65. The molecule has 0 radical (unpaired) electrons. The lowest BCUT2D eigenvalue weighted by atomic mass is 10.1. The van der Waals surface area contributed by atoms with Gasteiger partial charge in [0.1, 0.15) is 5.75 Å². The van der Waals surface area contributed by atoms with Crippen molar-refractivity contribution in [1.82, 2.24) is 0 Å². The Morgan fingerprint density at radius 2 is 2.14 bits per heavy atom. The number of nitrogens with zero attached hydrogens (tertiary/aromatic N) is 1. The summed E-state index contributed by atoms with van der Waals surface area (Å²) >= 11 is 1.54. The molecule has 0 saturated heterocycles. The first-order valence-corrected chi connectivity index (χ1v) is 8.04. The molecule has 0 aliphatic heterocycles. The van der Waals surface area contributed by atoms with Gasteiger partial charge in [-0.3, -0.25) is 10.1 Å². The van der Waals surface area contributed by atoms with Crippen LogP contribution < -0.4 is 10.1 Å². The normalized spacial score (nSPS) is 13.8. The van der Waals surface area contributed by atoms with E-state index in [1.54, 1.807) is 24.8 Å². The molecule has 0 aliphatic carbocycles. The molecule has 0 fully saturated rings. The zero-order valence-corrected chi connectivity index (χ0v) is 13.6. The van der Waals surface area contributed by atoms with E-state index in [1.165, 1.54) is 12.1 Å². The molecule has 0 aliphatic rings. The predicted octanol–water partition coefficient (Wildman–Crippen LogP) is 2.91. The Balaban J connectivity index is 2.90. The minimum Gasteiger partial charge on any atom is -0.491 e. The second-order valence-electron chi connectivity index (χ2n) is 5.42. The lowest BCUT2D eigenvalue weighted by Gasteiger charge is -2.23. The van der Waals surface area contributed by atoms with Crippen LogP contribution in [-0.2, 0) is 0 Å². The quantitative estimate of drug-likeness (QED) is 0.567. The fourth-order valence-corrected chi connectivity index (χ4v) is 2.51. The number of ether oxygens (including phenoxy) is 1. The number of nitro benzene ring substituents is 1. The maximum absolute atomic E-state index is 11.0. The van der Waals surface area contributed by atoms with Gasteiger partial charge in [0, 0.05) is 30.1 Å². The number of nitrogens with one attached hydrogen (secondary N) is 1. The van der Waals surface area contributed by atoms with Crippen molar-refractivity contribution in [2.75, 3.05) is 23.9 Å². The number of nitro groups is 1. The van der Waals surface area contributed by atoms with Crippen LogP contribution in [0.4, 0.5) is 11.4 Å². The van der Waals surface area contributed by atoms with E-state index < -0.39 is 10.5 Å². The highest BCUT2D eigenvalue weighted by atomic mass is 32.2. The summed E-state index contributed by atoms with van der Waals surface area (Å²) in [5, 5.41) is 24.1. The first-order chi connectivity index (χ1) is 9.73. The van der Waals surface area contributed by atoms with Gasteiger partial charge < -0.3 is 15.2 Å². The van der Waals surface area contributed by atoms with Gasteiger partial charge in [-0.15, -0.1) is 0 Å². The highest BCUT2D eigenvalue weighted by Gasteiger charge is 2.20. The van der Waals surface area contributed by atoms with E-state index in [4.69, 9.17) is 4.74 Å². The van der Waals surface area contributed by atoms with Crippen LogP contribution in [0.25, 0.3) is 0 Å². The highest BCUT2D eigenvalue weighted by Crippen LogP contribution is 2.27. The minimum atomic E-state index is -0.886. The van der Waals surface area contributed by atoms with Crippen molar-refractivity contribution in [2.45, 2.75) is 32.5 Å². The van der Waals surface area contributed by atoms with E-state index in [0.717, 1.165) is 0 Å². The zero-order valence-electron chi connectivity index (χ0n) is 12.8. The summed E-state index contributed by atoms with van der Waals surface area (Å²) in [7, 11) is 0. The second-order valence-corrected chi connectivity index (χ2v) is 6.29. The van der Waals surface area contributed by atoms with Gasteiger partial charge in [-0.05, 0) is 27.0 Å². The van der Waals surface area contributed by atoms with Crippen LogP contribution in [-0.4, -0.2) is 40.3 Å². The van der Waals surface area contributed by atoms with Crippen LogP contribution >= 0.6 is 11.8 Å². The Labute approximate surface area is 129 Å². The van der Waals surface area contributed by atoms with E-state index >= 15 is 0 Å². The fraction of sp³-hybridized carbons (Fsp3) is 0.571. The molecule has 1 unspecified atom stereocenters. The third kappa shape index (κ3) is 6.22. The van der Waals surface area contributed by atoms with Crippen LogP contribution in [0.15, 0.2) is 18.2 Å². The summed E-state index contributed by atoms with van der Waals surface area (Å²) in [5.74, 6) is 1.01. The number of anilines is 1. The SMILES string of the molecule is CSCC(C)(O)CNc1cc(OC(C)C)cc([N+](=O)[O-])c1. The van der Waals surface area contributed by atoms with Crippen molar-refractivity contribution in [1.29, 1.82) is 0 Å². The van der Waals surface area contributed by atoms with Crippen LogP contribution in [0, 0.1) is 10.1 Å². The van der Waals surface area contributed by atoms with E-state index in [1.807, 2.05) is 20.1 Å². The number of rotatable bonds is 8. The summed E-state index contributed by atoms with van der Waals surface area (Å²) in [4.78, 5) is 10.5. The number of thioether (sulfide) groups is 1. The first kappa shape index (κ1) is 17.6. The molecule has 1 aromatic rings.